The third kappa shape index (κ3) is 3.52. The van der Waals surface area contributed by atoms with Crippen LogP contribution in [-0.2, 0) is 5.88 Å². The lowest BCUT2D eigenvalue weighted by Gasteiger charge is -2.13. The van der Waals surface area contributed by atoms with Crippen molar-refractivity contribution in [3.8, 4) is 0 Å². The molecule has 0 unspecified atom stereocenters. The minimum Gasteiger partial charge on any atom is -0.378 e. The van der Waals surface area contributed by atoms with E-state index in [9.17, 15) is 4.79 Å². The molecule has 0 aliphatic carbocycles. The van der Waals surface area contributed by atoms with Crippen molar-refractivity contribution in [1.29, 1.82) is 0 Å². The number of anilines is 2. The summed E-state index contributed by atoms with van der Waals surface area (Å²) in [7, 11) is 3.89. The fourth-order valence-corrected chi connectivity index (χ4v) is 2.03. The van der Waals surface area contributed by atoms with E-state index >= 15 is 0 Å². The standard InChI is InChI=1S/C16H17ClN2O/c1-19(2)15-8-4-6-13(10-15)16(20)18-14-7-3-5-12(9-14)11-17/h3-10H,11H2,1-2H3,(H,18,20). The number of benzene rings is 2. The van der Waals surface area contributed by atoms with Crippen molar-refractivity contribution in [3.63, 3.8) is 0 Å². The van der Waals surface area contributed by atoms with Crippen molar-refractivity contribution in [3.05, 3.63) is 59.7 Å². The lowest BCUT2D eigenvalue weighted by molar-refractivity contribution is 0.102. The quantitative estimate of drug-likeness (QED) is 0.869. The van der Waals surface area contributed by atoms with E-state index in [2.05, 4.69) is 5.32 Å². The molecular formula is C16H17ClN2O. The molecule has 0 fully saturated rings. The Bertz CT molecular complexity index is 611. The monoisotopic (exact) mass is 288 g/mol. The summed E-state index contributed by atoms with van der Waals surface area (Å²) in [5, 5.41) is 2.88. The molecule has 4 heteroatoms. The zero-order valence-electron chi connectivity index (χ0n) is 11.6. The van der Waals surface area contributed by atoms with Crippen LogP contribution in [0.4, 0.5) is 11.4 Å². The summed E-state index contributed by atoms with van der Waals surface area (Å²) in [5.74, 6) is 0.306. The largest absolute Gasteiger partial charge is 0.378 e. The van der Waals surface area contributed by atoms with Gasteiger partial charge in [-0.25, -0.2) is 0 Å². The number of nitrogens with zero attached hydrogens (tertiary/aromatic N) is 1. The van der Waals surface area contributed by atoms with Gasteiger partial charge in [-0.2, -0.15) is 0 Å². The van der Waals surface area contributed by atoms with Crippen LogP contribution in [0.15, 0.2) is 48.5 Å². The van der Waals surface area contributed by atoms with E-state index in [4.69, 9.17) is 11.6 Å². The van der Waals surface area contributed by atoms with Crippen LogP contribution < -0.4 is 10.2 Å². The second-order valence-electron chi connectivity index (χ2n) is 4.73. The number of halogens is 1. The second-order valence-corrected chi connectivity index (χ2v) is 5.00. The lowest BCUT2D eigenvalue weighted by atomic mass is 10.1. The molecule has 1 N–H and O–H groups in total. The van der Waals surface area contributed by atoms with E-state index in [1.807, 2.05) is 61.5 Å². The average Bonchev–Trinajstić information content (AvgIpc) is 2.47. The van der Waals surface area contributed by atoms with Gasteiger partial charge < -0.3 is 10.2 Å². The minimum atomic E-state index is -0.125. The first-order valence-electron chi connectivity index (χ1n) is 6.34. The minimum absolute atomic E-state index is 0.125. The number of nitrogens with one attached hydrogen (secondary N) is 1. The van der Waals surface area contributed by atoms with Crippen molar-refractivity contribution in [2.45, 2.75) is 5.88 Å². The van der Waals surface area contributed by atoms with Crippen LogP contribution >= 0.6 is 11.6 Å². The van der Waals surface area contributed by atoms with Gasteiger partial charge in [-0.15, -0.1) is 11.6 Å². The third-order valence-corrected chi connectivity index (χ3v) is 3.27. The molecule has 0 saturated carbocycles. The predicted octanol–water partition coefficient (Wildman–Crippen LogP) is 3.74. The summed E-state index contributed by atoms with van der Waals surface area (Å²) in [5.41, 5.74) is 3.36. The molecule has 0 aliphatic rings. The molecule has 3 nitrogen and oxygen atoms in total. The number of amides is 1. The van der Waals surface area contributed by atoms with Gasteiger partial charge in [0.2, 0.25) is 0 Å². The Morgan fingerprint density at radius 1 is 1.15 bits per heavy atom. The van der Waals surface area contributed by atoms with E-state index in [0.29, 0.717) is 11.4 Å². The Kier molecular flexibility index (Phi) is 4.64. The number of carbonyl (C=O) groups excluding carboxylic acids is 1. The van der Waals surface area contributed by atoms with Crippen LogP contribution in [0.3, 0.4) is 0 Å². The normalized spacial score (nSPS) is 10.2. The Morgan fingerprint density at radius 3 is 2.60 bits per heavy atom. The van der Waals surface area contributed by atoms with Crippen molar-refractivity contribution in [1.82, 2.24) is 0 Å². The van der Waals surface area contributed by atoms with E-state index in [-0.39, 0.29) is 5.91 Å². The summed E-state index contributed by atoms with van der Waals surface area (Å²) in [6.45, 7) is 0. The number of hydrogen-bond donors (Lipinski definition) is 1. The van der Waals surface area contributed by atoms with Crippen molar-refractivity contribution in [2.24, 2.45) is 0 Å². The highest BCUT2D eigenvalue weighted by molar-refractivity contribution is 6.17. The molecule has 2 aromatic carbocycles. The fraction of sp³-hybridized carbons (Fsp3) is 0.188. The molecule has 20 heavy (non-hydrogen) atoms. The Morgan fingerprint density at radius 2 is 1.90 bits per heavy atom. The molecule has 2 rings (SSSR count). The topological polar surface area (TPSA) is 32.3 Å². The number of carbonyl (C=O) groups is 1. The van der Waals surface area contributed by atoms with Crippen LogP contribution in [0.25, 0.3) is 0 Å². The van der Waals surface area contributed by atoms with E-state index in [0.717, 1.165) is 16.9 Å². The van der Waals surface area contributed by atoms with Gasteiger partial charge in [0.05, 0.1) is 0 Å². The highest BCUT2D eigenvalue weighted by atomic mass is 35.5. The molecule has 0 aromatic heterocycles. The molecule has 0 heterocycles. The van der Waals surface area contributed by atoms with Crippen LogP contribution in [0.5, 0.6) is 0 Å². The van der Waals surface area contributed by atoms with Crippen molar-refractivity contribution < 1.29 is 4.79 Å². The summed E-state index contributed by atoms with van der Waals surface area (Å²) in [4.78, 5) is 14.2. The van der Waals surface area contributed by atoms with E-state index < -0.39 is 0 Å². The lowest BCUT2D eigenvalue weighted by Crippen LogP contribution is -2.14. The van der Waals surface area contributed by atoms with Gasteiger partial charge in [-0.05, 0) is 35.9 Å². The Hall–Kier alpha value is -2.00. The van der Waals surface area contributed by atoms with Crippen LogP contribution in [0, 0.1) is 0 Å². The second kappa shape index (κ2) is 6.44. The summed E-state index contributed by atoms with van der Waals surface area (Å²) >= 11 is 5.79. The third-order valence-electron chi connectivity index (χ3n) is 2.96. The first kappa shape index (κ1) is 14.4. The molecule has 0 spiro atoms. The molecule has 0 atom stereocenters. The molecular weight excluding hydrogens is 272 g/mol. The van der Waals surface area contributed by atoms with E-state index in [1.54, 1.807) is 6.07 Å². The fourth-order valence-electron chi connectivity index (χ4n) is 1.86. The Balaban J connectivity index is 2.17. The van der Waals surface area contributed by atoms with E-state index in [1.165, 1.54) is 0 Å². The van der Waals surface area contributed by atoms with Crippen LogP contribution in [0.2, 0.25) is 0 Å². The summed E-state index contributed by atoms with van der Waals surface area (Å²) < 4.78 is 0. The first-order chi connectivity index (χ1) is 9.60. The van der Waals surface area contributed by atoms with Gasteiger partial charge in [-0.1, -0.05) is 18.2 Å². The van der Waals surface area contributed by atoms with Gasteiger partial charge in [0.15, 0.2) is 0 Å². The summed E-state index contributed by atoms with van der Waals surface area (Å²) in [6.07, 6.45) is 0. The maximum atomic E-state index is 12.2. The molecule has 0 radical (unpaired) electrons. The van der Waals surface area contributed by atoms with Gasteiger partial charge in [-0.3, -0.25) is 4.79 Å². The van der Waals surface area contributed by atoms with Gasteiger partial charge in [0.25, 0.3) is 5.91 Å². The predicted molar refractivity (Wildman–Crippen MR) is 84.7 cm³/mol. The van der Waals surface area contributed by atoms with Crippen LogP contribution in [-0.4, -0.2) is 20.0 Å². The Labute approximate surface area is 124 Å². The molecule has 0 aliphatic heterocycles. The van der Waals surface area contributed by atoms with Gasteiger partial charge in [0.1, 0.15) is 0 Å². The van der Waals surface area contributed by atoms with Gasteiger partial charge >= 0.3 is 0 Å². The van der Waals surface area contributed by atoms with Gasteiger partial charge in [0, 0.05) is 36.9 Å². The SMILES string of the molecule is CN(C)c1cccc(C(=O)Nc2cccc(CCl)c2)c1. The maximum absolute atomic E-state index is 12.2. The zero-order valence-corrected chi connectivity index (χ0v) is 12.3. The molecule has 104 valence electrons. The number of alkyl halides is 1. The number of rotatable bonds is 4. The molecule has 0 bridgehead atoms. The molecule has 0 saturated heterocycles. The smallest absolute Gasteiger partial charge is 0.255 e. The zero-order chi connectivity index (χ0) is 14.5. The van der Waals surface area contributed by atoms with Crippen molar-refractivity contribution >= 4 is 28.9 Å². The first-order valence-corrected chi connectivity index (χ1v) is 6.87. The molecule has 1 amide bonds. The average molecular weight is 289 g/mol. The molecule has 2 aromatic rings. The maximum Gasteiger partial charge on any atom is 0.255 e. The van der Waals surface area contributed by atoms with Crippen molar-refractivity contribution in [2.75, 3.05) is 24.3 Å². The highest BCUT2D eigenvalue weighted by Crippen LogP contribution is 2.16. The van der Waals surface area contributed by atoms with Crippen LogP contribution in [0.1, 0.15) is 15.9 Å². The number of hydrogen-bond acceptors (Lipinski definition) is 2. The highest BCUT2D eigenvalue weighted by Gasteiger charge is 2.07. The summed E-state index contributed by atoms with van der Waals surface area (Å²) in [6, 6.07) is 15.0.